The predicted molar refractivity (Wildman–Crippen MR) is 99.8 cm³/mol. The quantitative estimate of drug-likeness (QED) is 0.797. The highest BCUT2D eigenvalue weighted by Crippen LogP contribution is 2.37. The van der Waals surface area contributed by atoms with Gasteiger partial charge in [-0.05, 0) is 31.2 Å². The molecule has 3 atom stereocenters. The Morgan fingerprint density at radius 2 is 2.07 bits per heavy atom. The van der Waals surface area contributed by atoms with Crippen molar-refractivity contribution in [2.75, 3.05) is 18.5 Å². The molecule has 150 valence electrons. The van der Waals surface area contributed by atoms with Crippen LogP contribution in [0.4, 0.5) is 5.69 Å². The number of benzene rings is 1. The molecule has 5 rings (SSSR count). The first kappa shape index (κ1) is 18.0. The molecule has 29 heavy (non-hydrogen) atoms. The molecule has 0 spiro atoms. The molecular weight excluding hydrogens is 378 g/mol. The number of hydrogen-bond donors (Lipinski definition) is 2. The molecule has 1 aromatic heterocycles. The third kappa shape index (κ3) is 2.86. The summed E-state index contributed by atoms with van der Waals surface area (Å²) in [7, 11) is 0. The number of imidazole rings is 1. The van der Waals surface area contributed by atoms with Crippen LogP contribution in [0.3, 0.4) is 0 Å². The van der Waals surface area contributed by atoms with E-state index >= 15 is 0 Å². The molecule has 0 unspecified atom stereocenters. The first-order chi connectivity index (χ1) is 14.1. The van der Waals surface area contributed by atoms with E-state index in [1.807, 2.05) is 6.92 Å². The van der Waals surface area contributed by atoms with Crippen LogP contribution in [0.2, 0.25) is 0 Å². The maximum absolute atomic E-state index is 13.0. The van der Waals surface area contributed by atoms with Gasteiger partial charge >= 0.3 is 0 Å². The zero-order valence-electron chi connectivity index (χ0n) is 15.6. The van der Waals surface area contributed by atoms with Crippen molar-refractivity contribution in [2.24, 2.45) is 0 Å². The van der Waals surface area contributed by atoms with Gasteiger partial charge in [0.15, 0.2) is 6.23 Å². The third-order valence-corrected chi connectivity index (χ3v) is 5.15. The summed E-state index contributed by atoms with van der Waals surface area (Å²) in [5.41, 5.74) is 1.04. The average Bonchev–Trinajstić information content (AvgIpc) is 3.29. The van der Waals surface area contributed by atoms with Gasteiger partial charge in [-0.25, -0.2) is 4.98 Å². The van der Waals surface area contributed by atoms with Gasteiger partial charge in [0.25, 0.3) is 0 Å². The van der Waals surface area contributed by atoms with Crippen LogP contribution < -0.4 is 10.1 Å². The number of ketones is 2. The number of carbonyl (C=O) groups is 2. The van der Waals surface area contributed by atoms with Crippen LogP contribution >= 0.6 is 0 Å². The number of aliphatic hydroxyl groups is 1. The third-order valence-electron chi connectivity index (χ3n) is 5.15. The zero-order valence-corrected chi connectivity index (χ0v) is 15.6. The van der Waals surface area contributed by atoms with Gasteiger partial charge in [0.05, 0.1) is 18.9 Å². The molecule has 1 aromatic carbocycles. The van der Waals surface area contributed by atoms with Crippen LogP contribution in [-0.2, 0) is 16.1 Å². The Kier molecular flexibility index (Phi) is 4.23. The normalized spacial score (nSPS) is 25.2. The molecule has 3 aliphatic rings. The highest BCUT2D eigenvalue weighted by atomic mass is 16.6. The summed E-state index contributed by atoms with van der Waals surface area (Å²) < 4.78 is 18.2. The Bertz CT molecular complexity index is 1030. The number of carbonyl (C=O) groups excluding carboxylic acids is 2. The van der Waals surface area contributed by atoms with E-state index < -0.39 is 18.4 Å². The van der Waals surface area contributed by atoms with Crippen molar-refractivity contribution in [2.45, 2.75) is 32.0 Å². The van der Waals surface area contributed by atoms with E-state index in [1.165, 1.54) is 6.08 Å². The Labute approximate surface area is 165 Å². The Morgan fingerprint density at radius 1 is 1.28 bits per heavy atom. The molecule has 1 saturated heterocycles. The Hall–Kier alpha value is -3.01. The molecule has 1 fully saturated rings. The number of Topliss-reactive ketones (excluding diaryl/α,β-unsaturated/α-hetero) is 1. The summed E-state index contributed by atoms with van der Waals surface area (Å²) in [4.78, 5) is 30.2. The summed E-state index contributed by atoms with van der Waals surface area (Å²) in [6.07, 6.45) is -0.772. The van der Waals surface area contributed by atoms with E-state index in [2.05, 4.69) is 10.3 Å². The van der Waals surface area contributed by atoms with Crippen molar-refractivity contribution < 1.29 is 28.9 Å². The van der Waals surface area contributed by atoms with Crippen molar-refractivity contribution in [1.29, 1.82) is 0 Å². The number of rotatable bonds is 4. The van der Waals surface area contributed by atoms with Crippen LogP contribution in [0.1, 0.15) is 40.0 Å². The maximum Gasteiger partial charge on any atom is 0.230 e. The molecule has 2 aliphatic heterocycles. The topological polar surface area (TPSA) is 112 Å². The predicted octanol–water partition coefficient (Wildman–Crippen LogP) is 1.45. The first-order valence-electron chi connectivity index (χ1n) is 9.39. The lowest BCUT2D eigenvalue weighted by Crippen LogP contribution is -2.37. The molecule has 9 nitrogen and oxygen atoms in total. The second-order valence-electron chi connectivity index (χ2n) is 7.00. The van der Waals surface area contributed by atoms with E-state index in [0.29, 0.717) is 18.1 Å². The van der Waals surface area contributed by atoms with Gasteiger partial charge in [-0.3, -0.25) is 14.2 Å². The standard InChI is InChI=1S/C20H19N3O6/c1-2-27-11-5-3-10(4-6-11)21-12-7-13(24)17-16(18(12)26)22-15-9-28-19-14(25)8-29-20(19)23(15)17/h3-7,14,19-21,25H,2,8-9H2,1H3/t14-,19-,20+/m1/s1. The number of allylic oxidation sites excluding steroid dienone is 2. The highest BCUT2D eigenvalue weighted by Gasteiger charge is 2.46. The summed E-state index contributed by atoms with van der Waals surface area (Å²) in [5.74, 6) is 0.418. The Morgan fingerprint density at radius 3 is 2.83 bits per heavy atom. The van der Waals surface area contributed by atoms with E-state index in [4.69, 9.17) is 14.2 Å². The minimum atomic E-state index is -0.784. The number of nitrogens with one attached hydrogen (secondary N) is 1. The molecule has 2 N–H and O–H groups in total. The van der Waals surface area contributed by atoms with Gasteiger partial charge in [0.2, 0.25) is 11.6 Å². The molecule has 2 aromatic rings. The van der Waals surface area contributed by atoms with Crippen LogP contribution in [0.25, 0.3) is 0 Å². The number of nitrogens with zero attached hydrogens (tertiary/aromatic N) is 2. The smallest absolute Gasteiger partial charge is 0.230 e. The monoisotopic (exact) mass is 397 g/mol. The van der Waals surface area contributed by atoms with Gasteiger partial charge in [0, 0.05) is 11.8 Å². The van der Waals surface area contributed by atoms with Crippen molar-refractivity contribution >= 4 is 17.3 Å². The van der Waals surface area contributed by atoms with Gasteiger partial charge in [0.1, 0.15) is 41.8 Å². The first-order valence-corrected chi connectivity index (χ1v) is 9.39. The summed E-state index contributed by atoms with van der Waals surface area (Å²) in [6, 6.07) is 7.10. The fourth-order valence-corrected chi connectivity index (χ4v) is 3.85. The molecular formula is C20H19N3O6. The zero-order chi connectivity index (χ0) is 20.1. The minimum Gasteiger partial charge on any atom is -0.494 e. The lowest BCUT2D eigenvalue weighted by Gasteiger charge is -2.29. The molecule has 0 saturated carbocycles. The van der Waals surface area contributed by atoms with Gasteiger partial charge in [-0.1, -0.05) is 0 Å². The fourth-order valence-electron chi connectivity index (χ4n) is 3.85. The molecule has 0 radical (unpaired) electrons. The lowest BCUT2D eigenvalue weighted by atomic mass is 10.0. The van der Waals surface area contributed by atoms with Crippen molar-refractivity contribution in [3.8, 4) is 5.75 Å². The highest BCUT2D eigenvalue weighted by molar-refractivity contribution is 6.24. The molecule has 0 bridgehead atoms. The van der Waals surface area contributed by atoms with Crippen molar-refractivity contribution in [3.63, 3.8) is 0 Å². The second-order valence-corrected chi connectivity index (χ2v) is 7.00. The lowest BCUT2D eigenvalue weighted by molar-refractivity contribution is -0.0992. The fraction of sp³-hybridized carbons (Fsp3) is 0.350. The van der Waals surface area contributed by atoms with Crippen molar-refractivity contribution in [1.82, 2.24) is 9.55 Å². The van der Waals surface area contributed by atoms with Crippen LogP contribution in [0.15, 0.2) is 36.0 Å². The molecule has 0 amide bonds. The SMILES string of the molecule is CCOc1ccc(NC2=CC(=O)c3c(nc4n3[C@H]3OC[C@@H](O)[C@H]3OC4)C2=O)cc1. The number of aliphatic hydroxyl groups excluding tert-OH is 1. The minimum absolute atomic E-state index is 0.0650. The Balaban J connectivity index is 1.45. The molecule has 9 heteroatoms. The van der Waals surface area contributed by atoms with Gasteiger partial charge in [-0.15, -0.1) is 0 Å². The van der Waals surface area contributed by atoms with E-state index in [9.17, 15) is 14.7 Å². The van der Waals surface area contributed by atoms with Gasteiger partial charge in [-0.2, -0.15) is 0 Å². The number of aromatic nitrogens is 2. The number of fused-ring (bicyclic) bond motifs is 5. The summed E-state index contributed by atoms with van der Waals surface area (Å²) >= 11 is 0. The average molecular weight is 397 g/mol. The molecule has 1 aliphatic carbocycles. The number of anilines is 1. The van der Waals surface area contributed by atoms with Crippen LogP contribution in [0, 0.1) is 0 Å². The van der Waals surface area contributed by atoms with E-state index in [1.54, 1.807) is 28.8 Å². The number of hydrogen-bond acceptors (Lipinski definition) is 8. The summed E-state index contributed by atoms with van der Waals surface area (Å²) in [6.45, 7) is 2.65. The van der Waals surface area contributed by atoms with Crippen LogP contribution in [-0.4, -0.2) is 51.6 Å². The maximum atomic E-state index is 13.0. The van der Waals surface area contributed by atoms with Crippen LogP contribution in [0.5, 0.6) is 5.75 Å². The van der Waals surface area contributed by atoms with E-state index in [-0.39, 0.29) is 41.9 Å². The van der Waals surface area contributed by atoms with Crippen molar-refractivity contribution in [3.05, 3.63) is 53.3 Å². The number of ether oxygens (including phenoxy) is 3. The second kappa shape index (κ2) is 6.80. The van der Waals surface area contributed by atoms with Gasteiger partial charge < -0.3 is 24.6 Å². The summed E-state index contributed by atoms with van der Waals surface area (Å²) in [5, 5.41) is 13.0. The molecule has 3 heterocycles. The largest absolute Gasteiger partial charge is 0.494 e. The van der Waals surface area contributed by atoms with E-state index in [0.717, 1.165) is 5.75 Å².